The fourth-order valence-electron chi connectivity index (χ4n) is 8.80. The standard InChI is InChI=1S/C52H79N3O9S4/c1-15-21-24-34(18-4)31-62-48(61)38(45(58)53(19-5)20-6)50-67-43-39(63-35(56)27-32(7)29-51(9,10)11)41-42(40(44(43)68-50)64-36(57)28-33(8)30-52(12,13)14)66-49(65-41)37-46(59)54(25-22-16-2)55(47(37)60)26-23-17-3/h32-34H,15-31H2,1-14H3. The van der Waals surface area contributed by atoms with Gasteiger partial charge in [0.05, 0.1) is 34.7 Å². The van der Waals surface area contributed by atoms with Crippen molar-refractivity contribution in [2.45, 2.75) is 194 Å². The average molecular weight is 1020 g/mol. The second-order valence-electron chi connectivity index (χ2n) is 20.9. The van der Waals surface area contributed by atoms with Crippen LogP contribution in [0.3, 0.4) is 0 Å². The summed E-state index contributed by atoms with van der Waals surface area (Å²) in [6, 6.07) is 0. The molecular weight excluding hydrogens is 939 g/mol. The number of hydrogen-bond donors (Lipinski definition) is 0. The van der Waals surface area contributed by atoms with Crippen molar-refractivity contribution in [3.8, 4) is 11.5 Å². The van der Waals surface area contributed by atoms with Crippen molar-refractivity contribution in [2.24, 2.45) is 28.6 Å². The third-order valence-electron chi connectivity index (χ3n) is 11.9. The molecule has 0 saturated carbocycles. The minimum absolute atomic E-state index is 0.0228. The molecule has 4 rings (SSSR count). The molecule has 1 aromatic rings. The van der Waals surface area contributed by atoms with Gasteiger partial charge in [0.2, 0.25) is 0 Å². The predicted molar refractivity (Wildman–Crippen MR) is 276 cm³/mol. The van der Waals surface area contributed by atoms with Crippen LogP contribution in [0.15, 0.2) is 39.2 Å². The van der Waals surface area contributed by atoms with Gasteiger partial charge in [-0.05, 0) is 74.5 Å². The van der Waals surface area contributed by atoms with Gasteiger partial charge < -0.3 is 19.1 Å². The number of hydrogen-bond acceptors (Lipinski definition) is 13. The van der Waals surface area contributed by atoms with Gasteiger partial charge in [-0.1, -0.05) is 162 Å². The quantitative estimate of drug-likeness (QED) is 0.0319. The fraction of sp³-hybridized carbons (Fsp3) is 0.692. The van der Waals surface area contributed by atoms with Crippen molar-refractivity contribution in [1.29, 1.82) is 0 Å². The molecule has 0 N–H and O–H groups in total. The first-order chi connectivity index (χ1) is 32.0. The third-order valence-corrected chi connectivity index (χ3v) is 17.1. The molecule has 1 fully saturated rings. The summed E-state index contributed by atoms with van der Waals surface area (Å²) >= 11 is 4.51. The smallest absolute Gasteiger partial charge is 0.345 e. The number of benzene rings is 1. The lowest BCUT2D eigenvalue weighted by atomic mass is 9.84. The maximum Gasteiger partial charge on any atom is 0.345 e. The number of carbonyl (C=O) groups is 6. The van der Waals surface area contributed by atoms with E-state index in [4.69, 9.17) is 14.2 Å². The van der Waals surface area contributed by atoms with Crippen molar-refractivity contribution in [1.82, 2.24) is 14.9 Å². The molecule has 0 aromatic heterocycles. The zero-order chi connectivity index (χ0) is 50.7. The highest BCUT2D eigenvalue weighted by Gasteiger charge is 2.47. The van der Waals surface area contributed by atoms with Gasteiger partial charge in [0, 0.05) is 39.0 Å². The summed E-state index contributed by atoms with van der Waals surface area (Å²) in [5.74, 6) is -2.58. The van der Waals surface area contributed by atoms with Gasteiger partial charge in [-0.15, -0.1) is 0 Å². The number of thioether (sulfide) groups is 4. The Balaban J connectivity index is 2.00. The van der Waals surface area contributed by atoms with Crippen molar-refractivity contribution >= 4 is 82.7 Å². The number of carbonyl (C=O) groups excluding carboxylic acids is 6. The van der Waals surface area contributed by atoms with Crippen LogP contribution < -0.4 is 9.47 Å². The Morgan fingerprint density at radius 3 is 1.44 bits per heavy atom. The second kappa shape index (κ2) is 25.9. The normalized spacial score (nSPS) is 16.2. The van der Waals surface area contributed by atoms with Crippen molar-refractivity contribution in [2.75, 3.05) is 32.8 Å². The molecule has 3 aliphatic rings. The summed E-state index contributed by atoms with van der Waals surface area (Å²) < 4.78 is 19.6. The third kappa shape index (κ3) is 15.2. The van der Waals surface area contributed by atoms with E-state index in [1.165, 1.54) is 0 Å². The molecule has 0 radical (unpaired) electrons. The molecule has 68 heavy (non-hydrogen) atoms. The van der Waals surface area contributed by atoms with E-state index in [1.54, 1.807) is 14.9 Å². The van der Waals surface area contributed by atoms with Crippen molar-refractivity contribution in [3.63, 3.8) is 0 Å². The van der Waals surface area contributed by atoms with E-state index in [2.05, 4.69) is 55.4 Å². The van der Waals surface area contributed by atoms with Crippen LogP contribution in [-0.2, 0) is 33.5 Å². The minimum atomic E-state index is -0.745. The zero-order valence-electron chi connectivity index (χ0n) is 43.4. The molecule has 16 heteroatoms. The first kappa shape index (κ1) is 57.5. The van der Waals surface area contributed by atoms with Gasteiger partial charge in [-0.2, -0.15) is 0 Å². The molecule has 1 saturated heterocycles. The first-order valence-electron chi connectivity index (χ1n) is 25.0. The van der Waals surface area contributed by atoms with Crippen LogP contribution in [0.5, 0.6) is 11.5 Å². The molecule has 0 aliphatic carbocycles. The van der Waals surface area contributed by atoms with Crippen LogP contribution in [-0.4, -0.2) is 83.3 Å². The summed E-state index contributed by atoms with van der Waals surface area (Å²) in [7, 11) is 0. The number of rotatable bonds is 24. The van der Waals surface area contributed by atoms with Gasteiger partial charge in [0.1, 0.15) is 11.1 Å². The Hall–Kier alpha value is -3.08. The molecule has 3 heterocycles. The Bertz CT molecular complexity index is 1980. The first-order valence-corrected chi connectivity index (χ1v) is 28.2. The molecule has 3 aliphatic heterocycles. The molecule has 12 nitrogen and oxygen atoms in total. The number of esters is 3. The largest absolute Gasteiger partial charge is 0.462 e. The number of nitrogens with zero attached hydrogens (tertiary/aromatic N) is 3. The highest BCUT2D eigenvalue weighted by Crippen LogP contribution is 2.69. The zero-order valence-corrected chi connectivity index (χ0v) is 46.7. The number of fused-ring (bicyclic) bond motifs is 2. The Morgan fingerprint density at radius 2 is 1.06 bits per heavy atom. The van der Waals surface area contributed by atoms with E-state index in [1.807, 2.05) is 41.5 Å². The topological polar surface area (TPSA) is 140 Å². The van der Waals surface area contributed by atoms with Crippen LogP contribution in [0.2, 0.25) is 0 Å². The molecular formula is C52H79N3O9S4. The van der Waals surface area contributed by atoms with Crippen LogP contribution in [0, 0.1) is 28.6 Å². The van der Waals surface area contributed by atoms with E-state index in [0.717, 1.165) is 98.4 Å². The summed E-state index contributed by atoms with van der Waals surface area (Å²) in [4.78, 5) is 89.1. The van der Waals surface area contributed by atoms with E-state index in [0.29, 0.717) is 67.1 Å². The maximum absolute atomic E-state index is 14.5. The molecule has 1 aromatic carbocycles. The minimum Gasteiger partial charge on any atom is -0.462 e. The molecule has 0 spiro atoms. The number of likely N-dealkylation sites (N-methyl/N-ethyl adjacent to an activating group) is 1. The molecule has 3 unspecified atom stereocenters. The summed E-state index contributed by atoms with van der Waals surface area (Å²) in [6.45, 7) is 30.4. The van der Waals surface area contributed by atoms with Crippen LogP contribution in [0.1, 0.15) is 174 Å². The molecule has 0 bridgehead atoms. The predicted octanol–water partition coefficient (Wildman–Crippen LogP) is 13.1. The van der Waals surface area contributed by atoms with Crippen molar-refractivity contribution in [3.05, 3.63) is 19.6 Å². The molecule has 380 valence electrons. The fourth-order valence-corrected chi connectivity index (χ4v) is 14.3. The summed E-state index contributed by atoms with van der Waals surface area (Å²) in [6.07, 6.45) is 8.56. The van der Waals surface area contributed by atoms with Crippen LogP contribution >= 0.6 is 47.0 Å². The number of hydrazine groups is 1. The SMILES string of the molecule is CCCCC(CC)COC(=O)C(C(=O)N(CC)CC)=C1Sc2c(OC(=O)CC(C)CC(C)(C)C)c3c(c(OC(=O)CC(C)CC(C)(C)C)c2S1)SC(=C1C(=O)N(CCCC)N(CCCC)C1=O)S3. The number of unbranched alkanes of at least 4 members (excludes halogenated alkanes) is 3. The van der Waals surface area contributed by atoms with E-state index in [-0.39, 0.29) is 70.7 Å². The maximum atomic E-state index is 14.5. The Kier molecular flexibility index (Phi) is 21.9. The lowest BCUT2D eigenvalue weighted by Crippen LogP contribution is -2.42. The molecule has 3 atom stereocenters. The summed E-state index contributed by atoms with van der Waals surface area (Å²) in [5, 5.41) is 3.09. The highest BCUT2D eigenvalue weighted by atomic mass is 32.2. The van der Waals surface area contributed by atoms with Gasteiger partial charge in [-0.25, -0.2) is 14.8 Å². The Labute approximate surface area is 424 Å². The summed E-state index contributed by atoms with van der Waals surface area (Å²) in [5.41, 5.74) is -0.189. The lowest BCUT2D eigenvalue weighted by molar-refractivity contribution is -0.147. The molecule has 3 amide bonds. The van der Waals surface area contributed by atoms with Crippen molar-refractivity contribution < 1.29 is 43.0 Å². The highest BCUT2D eigenvalue weighted by molar-refractivity contribution is 8.26. The van der Waals surface area contributed by atoms with E-state index in [9.17, 15) is 28.8 Å². The number of amides is 3. The van der Waals surface area contributed by atoms with Gasteiger partial charge in [0.15, 0.2) is 11.5 Å². The van der Waals surface area contributed by atoms with Crippen LogP contribution in [0.25, 0.3) is 0 Å². The van der Waals surface area contributed by atoms with Gasteiger partial charge in [-0.3, -0.25) is 24.0 Å². The number of ether oxygens (including phenoxy) is 3. The second-order valence-corrected chi connectivity index (χ2v) is 25.5. The van der Waals surface area contributed by atoms with Gasteiger partial charge >= 0.3 is 17.9 Å². The average Bonchev–Trinajstić information content (AvgIpc) is 3.93. The van der Waals surface area contributed by atoms with E-state index < -0.39 is 35.6 Å². The van der Waals surface area contributed by atoms with E-state index >= 15 is 0 Å². The Morgan fingerprint density at radius 1 is 0.632 bits per heavy atom. The van der Waals surface area contributed by atoms with Gasteiger partial charge in [0.25, 0.3) is 17.7 Å². The monoisotopic (exact) mass is 1020 g/mol. The lowest BCUT2D eigenvalue weighted by Gasteiger charge is -2.27. The van der Waals surface area contributed by atoms with Crippen LogP contribution in [0.4, 0.5) is 0 Å².